The van der Waals surface area contributed by atoms with Crippen LogP contribution in [0.1, 0.15) is 24.4 Å². The molecule has 0 spiro atoms. The molecule has 2 fully saturated rings. The monoisotopic (exact) mass is 436 g/mol. The summed E-state index contributed by atoms with van der Waals surface area (Å²) in [5.74, 6) is 0.0479. The van der Waals surface area contributed by atoms with E-state index in [1.54, 1.807) is 24.5 Å². The molecule has 2 aromatic rings. The van der Waals surface area contributed by atoms with Crippen LogP contribution in [0.3, 0.4) is 0 Å². The maximum atomic E-state index is 12.6. The normalized spacial score (nSPS) is 20.7. The maximum Gasteiger partial charge on any atom is 0.573 e. The number of benzene rings is 1. The summed E-state index contributed by atoms with van der Waals surface area (Å²) in [6, 6.07) is 7.26. The Balaban J connectivity index is 1.53. The molecule has 2 aliphatic rings. The molecule has 2 saturated heterocycles. The third-order valence-electron chi connectivity index (χ3n) is 5.56. The predicted molar refractivity (Wildman–Crippen MR) is 105 cm³/mol. The molecule has 2 aliphatic heterocycles. The van der Waals surface area contributed by atoms with Crippen molar-refractivity contribution in [2.75, 3.05) is 33.0 Å². The summed E-state index contributed by atoms with van der Waals surface area (Å²) in [6.07, 6.45) is 0.445. The Kier molecular flexibility index (Phi) is 6.43. The molecule has 0 radical (unpaired) electrons. The Morgan fingerprint density at radius 1 is 1.06 bits per heavy atom. The van der Waals surface area contributed by atoms with Crippen molar-refractivity contribution in [1.29, 1.82) is 0 Å². The summed E-state index contributed by atoms with van der Waals surface area (Å²) in [4.78, 5) is 18.8. The molecule has 31 heavy (non-hydrogen) atoms. The fourth-order valence-electron chi connectivity index (χ4n) is 3.96. The number of aromatic nitrogens is 1. The number of pyridine rings is 1. The van der Waals surface area contributed by atoms with Gasteiger partial charge in [-0.2, -0.15) is 0 Å². The second kappa shape index (κ2) is 9.23. The van der Waals surface area contributed by atoms with E-state index in [0.29, 0.717) is 37.8 Å². The molecule has 1 atom stereocenters. The van der Waals surface area contributed by atoms with Gasteiger partial charge in [0.1, 0.15) is 12.4 Å². The third kappa shape index (κ3) is 5.54. The van der Waals surface area contributed by atoms with Gasteiger partial charge in [-0.3, -0.25) is 9.78 Å². The van der Waals surface area contributed by atoms with E-state index in [1.807, 2.05) is 11.0 Å². The highest BCUT2D eigenvalue weighted by Crippen LogP contribution is 2.31. The van der Waals surface area contributed by atoms with Gasteiger partial charge in [-0.1, -0.05) is 12.1 Å². The Morgan fingerprint density at radius 3 is 2.52 bits per heavy atom. The Bertz CT molecular complexity index is 898. The first-order valence-corrected chi connectivity index (χ1v) is 10.1. The minimum atomic E-state index is -4.73. The maximum absolute atomic E-state index is 12.6. The van der Waals surface area contributed by atoms with Crippen molar-refractivity contribution in [3.63, 3.8) is 0 Å². The molecular formula is C22H23F3N2O4. The first-order chi connectivity index (χ1) is 14.9. The van der Waals surface area contributed by atoms with Crippen LogP contribution in [0.25, 0.3) is 11.1 Å². The Hall–Kier alpha value is -2.65. The summed E-state index contributed by atoms with van der Waals surface area (Å²) in [7, 11) is 0. The van der Waals surface area contributed by atoms with Crippen molar-refractivity contribution in [3.05, 3.63) is 48.3 Å². The lowest BCUT2D eigenvalue weighted by molar-refractivity contribution is -0.274. The predicted octanol–water partition coefficient (Wildman–Crippen LogP) is 3.97. The van der Waals surface area contributed by atoms with Crippen LogP contribution in [-0.2, 0) is 14.3 Å². The molecular weight excluding hydrogens is 413 g/mol. The number of carbonyl (C=O) groups excluding carboxylic acids is 1. The zero-order valence-electron chi connectivity index (χ0n) is 16.8. The first-order valence-electron chi connectivity index (χ1n) is 10.1. The fraction of sp³-hybridized carbons (Fsp3) is 0.455. The minimum absolute atomic E-state index is 0.0539. The van der Waals surface area contributed by atoms with Crippen LogP contribution in [0.15, 0.2) is 42.7 Å². The van der Waals surface area contributed by atoms with Crippen LogP contribution >= 0.6 is 0 Å². The quantitative estimate of drug-likeness (QED) is 0.710. The van der Waals surface area contributed by atoms with Crippen molar-refractivity contribution in [2.24, 2.45) is 5.92 Å². The van der Waals surface area contributed by atoms with Crippen molar-refractivity contribution >= 4 is 5.91 Å². The molecule has 1 aromatic carbocycles. The number of carbonyl (C=O) groups is 1. The number of hydrogen-bond donors (Lipinski definition) is 0. The topological polar surface area (TPSA) is 60.9 Å². The molecule has 3 heterocycles. The average molecular weight is 436 g/mol. The van der Waals surface area contributed by atoms with Crippen LogP contribution in [0.2, 0.25) is 0 Å². The largest absolute Gasteiger partial charge is 0.573 e. The smallest absolute Gasteiger partial charge is 0.406 e. The standard InChI is InChI=1S/C22H23F3N2O4/c23-22(24,25)31-19-3-1-16(2-4-19)17-9-18(11-26-10-17)20-13-30-14-21(28)27(20)12-15-5-7-29-8-6-15/h1-4,9-11,15,20H,5-8,12-14H2. The number of halogens is 3. The average Bonchev–Trinajstić information content (AvgIpc) is 2.75. The molecule has 1 amide bonds. The number of amides is 1. The number of rotatable bonds is 5. The lowest BCUT2D eigenvalue weighted by atomic mass is 9.96. The zero-order chi connectivity index (χ0) is 21.8. The summed E-state index contributed by atoms with van der Waals surface area (Å²) < 4.78 is 52.0. The van der Waals surface area contributed by atoms with Gasteiger partial charge in [-0.25, -0.2) is 0 Å². The molecule has 1 aromatic heterocycles. The molecule has 0 N–H and O–H groups in total. The first kappa shape index (κ1) is 21.6. The van der Waals surface area contributed by atoms with Gasteiger partial charge in [0.15, 0.2) is 0 Å². The van der Waals surface area contributed by atoms with Crippen molar-refractivity contribution < 1.29 is 32.2 Å². The van der Waals surface area contributed by atoms with Crippen LogP contribution in [0.5, 0.6) is 5.75 Å². The highest BCUT2D eigenvalue weighted by Gasteiger charge is 2.33. The summed E-state index contributed by atoms with van der Waals surface area (Å²) in [5, 5.41) is 0. The summed E-state index contributed by atoms with van der Waals surface area (Å²) in [6.45, 7) is 2.49. The van der Waals surface area contributed by atoms with Crippen molar-refractivity contribution in [3.8, 4) is 16.9 Å². The summed E-state index contributed by atoms with van der Waals surface area (Å²) >= 11 is 0. The second-order valence-electron chi connectivity index (χ2n) is 7.71. The van der Waals surface area contributed by atoms with Crippen LogP contribution in [0.4, 0.5) is 13.2 Å². The van der Waals surface area contributed by atoms with Gasteiger partial charge < -0.3 is 19.1 Å². The molecule has 1 unspecified atom stereocenters. The van der Waals surface area contributed by atoms with E-state index >= 15 is 0 Å². The lowest BCUT2D eigenvalue weighted by Gasteiger charge is -2.38. The minimum Gasteiger partial charge on any atom is -0.406 e. The van der Waals surface area contributed by atoms with E-state index in [0.717, 1.165) is 24.0 Å². The van der Waals surface area contributed by atoms with E-state index in [1.165, 1.54) is 12.1 Å². The van der Waals surface area contributed by atoms with E-state index in [9.17, 15) is 18.0 Å². The van der Waals surface area contributed by atoms with Gasteiger partial charge >= 0.3 is 6.36 Å². The molecule has 4 rings (SSSR count). The van der Waals surface area contributed by atoms with E-state index in [4.69, 9.17) is 9.47 Å². The fourth-order valence-corrected chi connectivity index (χ4v) is 3.96. The van der Waals surface area contributed by atoms with Gasteiger partial charge in [-0.05, 0) is 48.1 Å². The third-order valence-corrected chi connectivity index (χ3v) is 5.56. The van der Waals surface area contributed by atoms with Crippen LogP contribution in [-0.4, -0.2) is 55.1 Å². The summed E-state index contributed by atoms with van der Waals surface area (Å²) in [5.41, 5.74) is 2.26. The molecule has 0 saturated carbocycles. The Labute approximate surface area is 177 Å². The molecule has 166 valence electrons. The van der Waals surface area contributed by atoms with Gasteiger partial charge in [0, 0.05) is 37.7 Å². The highest BCUT2D eigenvalue weighted by atomic mass is 19.4. The van der Waals surface area contributed by atoms with Gasteiger partial charge in [0.25, 0.3) is 0 Å². The number of nitrogens with zero attached hydrogens (tertiary/aromatic N) is 2. The molecule has 0 bridgehead atoms. The van der Waals surface area contributed by atoms with Gasteiger partial charge in [0.2, 0.25) is 5.91 Å². The molecule has 6 nitrogen and oxygen atoms in total. The molecule has 9 heteroatoms. The van der Waals surface area contributed by atoms with Crippen LogP contribution < -0.4 is 4.74 Å². The SMILES string of the molecule is O=C1COCC(c2cncc(-c3ccc(OC(F)(F)F)cc3)c2)N1CC1CCOCC1. The second-order valence-corrected chi connectivity index (χ2v) is 7.71. The van der Waals surface area contributed by atoms with E-state index in [2.05, 4.69) is 9.72 Å². The van der Waals surface area contributed by atoms with E-state index < -0.39 is 6.36 Å². The Morgan fingerprint density at radius 2 is 1.81 bits per heavy atom. The highest BCUT2D eigenvalue weighted by molar-refractivity contribution is 5.78. The van der Waals surface area contributed by atoms with Gasteiger partial charge in [0.05, 0.1) is 12.6 Å². The zero-order valence-corrected chi connectivity index (χ0v) is 16.8. The van der Waals surface area contributed by atoms with Crippen LogP contribution in [0, 0.1) is 5.92 Å². The lowest BCUT2D eigenvalue weighted by Crippen LogP contribution is -2.47. The molecule has 0 aliphatic carbocycles. The van der Waals surface area contributed by atoms with Crippen molar-refractivity contribution in [2.45, 2.75) is 25.2 Å². The van der Waals surface area contributed by atoms with E-state index in [-0.39, 0.29) is 24.3 Å². The number of ether oxygens (including phenoxy) is 3. The number of morpholine rings is 1. The number of hydrogen-bond acceptors (Lipinski definition) is 5. The number of alkyl halides is 3. The van der Waals surface area contributed by atoms with Crippen molar-refractivity contribution in [1.82, 2.24) is 9.88 Å². The van der Waals surface area contributed by atoms with Gasteiger partial charge in [-0.15, -0.1) is 13.2 Å².